The predicted octanol–water partition coefficient (Wildman–Crippen LogP) is 7.01. The van der Waals surface area contributed by atoms with Crippen LogP contribution in [0.4, 0.5) is 11.4 Å². The zero-order valence-corrected chi connectivity index (χ0v) is 14.6. The Hall–Kier alpha value is -2.58. The Kier molecular flexibility index (Phi) is 4.06. The predicted molar refractivity (Wildman–Crippen MR) is 107 cm³/mol. The fraction of sp³-hybridized carbons (Fsp3) is 0. The smallest absolute Gasteiger partial charge is 0.0470 e. The zero-order chi connectivity index (χ0) is 16.4. The number of hydrogen-bond acceptors (Lipinski definition) is 1. The van der Waals surface area contributed by atoms with Crippen LogP contribution in [-0.4, -0.2) is 0 Å². The second-order valence-corrected chi connectivity index (χ2v) is 6.62. The molecule has 0 saturated heterocycles. The molecule has 0 aromatic heterocycles. The molecule has 1 N–H and O–H groups in total. The zero-order valence-electron chi connectivity index (χ0n) is 13.0. The summed E-state index contributed by atoms with van der Waals surface area (Å²) in [4.78, 5) is 0. The summed E-state index contributed by atoms with van der Waals surface area (Å²) in [6.45, 7) is 0. The van der Waals surface area contributed by atoms with Crippen LogP contribution in [0, 0.1) is 0 Å². The quantitative estimate of drug-likeness (QED) is 0.407. The van der Waals surface area contributed by atoms with Crippen LogP contribution < -0.4 is 5.32 Å². The molecule has 4 aromatic carbocycles. The van der Waals surface area contributed by atoms with Crippen molar-refractivity contribution in [2.45, 2.75) is 0 Å². The van der Waals surface area contributed by atoms with Gasteiger partial charge >= 0.3 is 0 Å². The lowest BCUT2D eigenvalue weighted by Gasteiger charge is -2.15. The molecule has 0 amide bonds. The van der Waals surface area contributed by atoms with Crippen LogP contribution in [0.25, 0.3) is 21.9 Å². The number of anilines is 2. The van der Waals surface area contributed by atoms with Gasteiger partial charge in [0.05, 0.1) is 0 Å². The molecule has 0 heterocycles. The third-order valence-corrected chi connectivity index (χ3v) is 4.64. The van der Waals surface area contributed by atoms with Crippen molar-refractivity contribution in [3.05, 3.63) is 95.5 Å². The highest BCUT2D eigenvalue weighted by molar-refractivity contribution is 9.10. The fourth-order valence-corrected chi connectivity index (χ4v) is 3.24. The van der Waals surface area contributed by atoms with Gasteiger partial charge < -0.3 is 5.32 Å². The number of benzene rings is 4. The molecule has 0 radical (unpaired) electrons. The van der Waals surface area contributed by atoms with E-state index in [9.17, 15) is 0 Å². The molecule has 0 atom stereocenters. The Balaban J connectivity index is 1.90. The third-order valence-electron chi connectivity index (χ3n) is 4.11. The third kappa shape index (κ3) is 2.93. The number of rotatable bonds is 3. The van der Waals surface area contributed by atoms with Gasteiger partial charge in [-0.1, -0.05) is 76.6 Å². The van der Waals surface area contributed by atoms with Crippen molar-refractivity contribution in [2.75, 3.05) is 5.32 Å². The highest BCUT2D eigenvalue weighted by atomic mass is 79.9. The molecule has 0 aliphatic carbocycles. The van der Waals surface area contributed by atoms with Gasteiger partial charge in [-0.05, 0) is 46.7 Å². The minimum absolute atomic E-state index is 1.07. The van der Waals surface area contributed by atoms with Crippen LogP contribution in [0.15, 0.2) is 95.5 Å². The van der Waals surface area contributed by atoms with Gasteiger partial charge in [-0.2, -0.15) is 0 Å². The molecule has 0 aliphatic heterocycles. The minimum atomic E-state index is 1.07. The Bertz CT molecular complexity index is 976. The summed E-state index contributed by atoms with van der Waals surface area (Å²) in [7, 11) is 0. The summed E-state index contributed by atoms with van der Waals surface area (Å²) >= 11 is 3.49. The largest absolute Gasteiger partial charge is 0.355 e. The van der Waals surface area contributed by atoms with Crippen LogP contribution in [0.1, 0.15) is 0 Å². The van der Waals surface area contributed by atoms with Crippen molar-refractivity contribution in [1.82, 2.24) is 0 Å². The van der Waals surface area contributed by atoms with Crippen LogP contribution in [0.3, 0.4) is 0 Å². The maximum Gasteiger partial charge on any atom is 0.0470 e. The first-order valence-corrected chi connectivity index (χ1v) is 8.70. The molecule has 0 fully saturated rings. The first kappa shape index (κ1) is 15.0. The maximum absolute atomic E-state index is 3.57. The van der Waals surface area contributed by atoms with E-state index in [4.69, 9.17) is 0 Å². The monoisotopic (exact) mass is 373 g/mol. The molecule has 24 heavy (non-hydrogen) atoms. The SMILES string of the molecule is Brc1ccc(Nc2ccc3ccccc3c2-c2ccccc2)cc1. The average molecular weight is 374 g/mol. The van der Waals surface area contributed by atoms with Gasteiger partial charge in [0.1, 0.15) is 0 Å². The molecular weight excluding hydrogens is 358 g/mol. The van der Waals surface area contributed by atoms with Crippen LogP contribution in [0.5, 0.6) is 0 Å². The molecule has 116 valence electrons. The van der Waals surface area contributed by atoms with E-state index in [1.165, 1.54) is 21.9 Å². The van der Waals surface area contributed by atoms with Crippen molar-refractivity contribution in [3.8, 4) is 11.1 Å². The highest BCUT2D eigenvalue weighted by Gasteiger charge is 2.10. The summed E-state index contributed by atoms with van der Waals surface area (Å²) in [6, 6.07) is 31.6. The lowest BCUT2D eigenvalue weighted by molar-refractivity contribution is 1.54. The van der Waals surface area contributed by atoms with Crippen molar-refractivity contribution < 1.29 is 0 Å². The molecule has 0 spiro atoms. The van der Waals surface area contributed by atoms with Crippen LogP contribution >= 0.6 is 15.9 Å². The standard InChI is InChI=1S/C22H16BrN/c23-18-11-13-19(14-12-18)24-21-15-10-16-6-4-5-9-20(16)22(21)17-7-2-1-3-8-17/h1-15,24H. The Morgan fingerprint density at radius 3 is 2.12 bits per heavy atom. The normalized spacial score (nSPS) is 10.7. The second-order valence-electron chi connectivity index (χ2n) is 5.71. The molecule has 0 bridgehead atoms. The summed E-state index contributed by atoms with van der Waals surface area (Å²) in [5.74, 6) is 0. The topological polar surface area (TPSA) is 12.0 Å². The molecule has 2 heteroatoms. The Morgan fingerprint density at radius 2 is 1.33 bits per heavy atom. The minimum Gasteiger partial charge on any atom is -0.355 e. The molecule has 0 saturated carbocycles. The maximum atomic E-state index is 3.57. The van der Waals surface area contributed by atoms with Crippen molar-refractivity contribution in [2.24, 2.45) is 0 Å². The van der Waals surface area contributed by atoms with E-state index in [0.29, 0.717) is 0 Å². The van der Waals surface area contributed by atoms with E-state index < -0.39 is 0 Å². The van der Waals surface area contributed by atoms with Gasteiger partial charge in [-0.15, -0.1) is 0 Å². The number of nitrogens with one attached hydrogen (secondary N) is 1. The van der Waals surface area contributed by atoms with Gasteiger partial charge in [0.15, 0.2) is 0 Å². The van der Waals surface area contributed by atoms with Crippen molar-refractivity contribution >= 4 is 38.1 Å². The molecule has 1 nitrogen and oxygen atoms in total. The molecular formula is C22H16BrN. The van der Waals surface area contributed by atoms with Crippen molar-refractivity contribution in [3.63, 3.8) is 0 Å². The molecule has 4 aromatic rings. The van der Waals surface area contributed by atoms with Crippen LogP contribution in [0.2, 0.25) is 0 Å². The van der Waals surface area contributed by atoms with Crippen LogP contribution in [-0.2, 0) is 0 Å². The van der Waals surface area contributed by atoms with Crippen molar-refractivity contribution in [1.29, 1.82) is 0 Å². The summed E-state index contributed by atoms with van der Waals surface area (Å²) in [5, 5.41) is 6.07. The first-order valence-electron chi connectivity index (χ1n) is 7.91. The first-order chi connectivity index (χ1) is 11.8. The Morgan fingerprint density at radius 1 is 0.625 bits per heavy atom. The number of hydrogen-bond donors (Lipinski definition) is 1. The average Bonchev–Trinajstić information content (AvgIpc) is 2.64. The van der Waals surface area contributed by atoms with E-state index in [0.717, 1.165) is 15.8 Å². The van der Waals surface area contributed by atoms with Gasteiger partial charge in [0, 0.05) is 21.4 Å². The van der Waals surface area contributed by atoms with E-state index in [1.807, 2.05) is 12.1 Å². The lowest BCUT2D eigenvalue weighted by atomic mass is 9.96. The Labute approximate surface area is 150 Å². The van der Waals surface area contributed by atoms with Gasteiger partial charge in [-0.25, -0.2) is 0 Å². The fourth-order valence-electron chi connectivity index (χ4n) is 2.98. The lowest BCUT2D eigenvalue weighted by Crippen LogP contribution is -1.94. The van der Waals surface area contributed by atoms with Gasteiger partial charge in [0.25, 0.3) is 0 Å². The van der Waals surface area contributed by atoms with E-state index in [1.54, 1.807) is 0 Å². The van der Waals surface area contributed by atoms with E-state index in [-0.39, 0.29) is 0 Å². The summed E-state index contributed by atoms with van der Waals surface area (Å²) < 4.78 is 1.08. The summed E-state index contributed by atoms with van der Waals surface area (Å²) in [5.41, 5.74) is 4.64. The number of halogens is 1. The van der Waals surface area contributed by atoms with Gasteiger partial charge in [0.2, 0.25) is 0 Å². The molecule has 0 unspecified atom stereocenters. The van der Waals surface area contributed by atoms with E-state index in [2.05, 4.69) is 100 Å². The van der Waals surface area contributed by atoms with E-state index >= 15 is 0 Å². The summed E-state index contributed by atoms with van der Waals surface area (Å²) in [6.07, 6.45) is 0. The van der Waals surface area contributed by atoms with Gasteiger partial charge in [-0.3, -0.25) is 0 Å². The molecule has 4 rings (SSSR count). The highest BCUT2D eigenvalue weighted by Crippen LogP contribution is 2.37. The second kappa shape index (κ2) is 6.50. The number of fused-ring (bicyclic) bond motifs is 1. The molecule has 0 aliphatic rings.